The molecule has 0 atom stereocenters. The van der Waals surface area contributed by atoms with Crippen LogP contribution in [0, 0.1) is 0 Å². The van der Waals surface area contributed by atoms with Gasteiger partial charge in [-0.15, -0.1) is 0 Å². The minimum atomic E-state index is -7.15. The summed E-state index contributed by atoms with van der Waals surface area (Å²) in [6.45, 7) is 0.691. The number of aliphatic hydroxyl groups excluding tert-OH is 1. The fourth-order valence-electron chi connectivity index (χ4n) is 0.922. The van der Waals surface area contributed by atoms with Crippen molar-refractivity contribution in [2.45, 2.75) is 30.9 Å². The highest BCUT2D eigenvalue weighted by Gasteiger charge is 2.82. The van der Waals surface area contributed by atoms with Gasteiger partial charge in [-0.1, -0.05) is 0 Å². The van der Waals surface area contributed by atoms with Crippen LogP contribution in [-0.4, -0.2) is 41.6 Å². The molecule has 0 fully saturated rings. The van der Waals surface area contributed by atoms with Gasteiger partial charge in [-0.3, -0.25) is 0 Å². The van der Waals surface area contributed by atoms with Crippen LogP contribution in [0.1, 0.15) is 6.92 Å². The van der Waals surface area contributed by atoms with Gasteiger partial charge in [0.05, 0.1) is 12.7 Å². The molecule has 0 aliphatic carbocycles. The van der Waals surface area contributed by atoms with E-state index in [1.165, 1.54) is 0 Å². The molecule has 0 bridgehead atoms. The molecule has 0 radical (unpaired) electrons. The first-order valence-electron chi connectivity index (χ1n) is 4.91. The Bertz CT molecular complexity index is 425. The van der Waals surface area contributed by atoms with Gasteiger partial charge in [-0.25, -0.2) is 4.79 Å². The van der Waals surface area contributed by atoms with E-state index in [4.69, 9.17) is 5.11 Å². The zero-order valence-corrected chi connectivity index (χ0v) is 9.95. The summed E-state index contributed by atoms with van der Waals surface area (Å²) in [5.74, 6) is -25.4. The SMILES string of the molecule is CCOC(=O)/C=C(\O)C(F)(F)C(F)(F)C(F)(F)C(F)(F)F. The number of alkyl halides is 9. The maximum Gasteiger partial charge on any atom is 0.460 e. The fourth-order valence-corrected chi connectivity index (χ4v) is 0.922. The van der Waals surface area contributed by atoms with Crippen LogP contribution in [0.2, 0.25) is 0 Å². The van der Waals surface area contributed by atoms with Crippen molar-refractivity contribution in [2.24, 2.45) is 0 Å². The van der Waals surface area contributed by atoms with Crippen LogP contribution in [0.3, 0.4) is 0 Å². The van der Waals surface area contributed by atoms with Crippen LogP contribution in [0.15, 0.2) is 11.8 Å². The van der Waals surface area contributed by atoms with Crippen molar-refractivity contribution >= 4 is 5.97 Å². The zero-order valence-electron chi connectivity index (χ0n) is 9.95. The second-order valence-electron chi connectivity index (χ2n) is 3.50. The third-order valence-corrected chi connectivity index (χ3v) is 2.01. The average molecular weight is 334 g/mol. The van der Waals surface area contributed by atoms with E-state index < -0.39 is 48.4 Å². The summed E-state index contributed by atoms with van der Waals surface area (Å²) in [4.78, 5) is 10.6. The molecule has 0 aromatic carbocycles. The van der Waals surface area contributed by atoms with Crippen molar-refractivity contribution < 1.29 is 54.2 Å². The summed E-state index contributed by atoms with van der Waals surface area (Å²) in [7, 11) is 0. The summed E-state index contributed by atoms with van der Waals surface area (Å²) in [6, 6.07) is 0. The van der Waals surface area contributed by atoms with Crippen molar-refractivity contribution in [3.05, 3.63) is 11.8 Å². The van der Waals surface area contributed by atoms with Gasteiger partial charge in [-0.05, 0) is 6.92 Å². The number of halogens is 9. The maximum atomic E-state index is 13.0. The third-order valence-electron chi connectivity index (χ3n) is 2.01. The molecule has 0 aliphatic heterocycles. The lowest BCUT2D eigenvalue weighted by Gasteiger charge is -2.33. The Hall–Kier alpha value is -1.62. The smallest absolute Gasteiger partial charge is 0.460 e. The van der Waals surface area contributed by atoms with Crippen molar-refractivity contribution in [1.82, 2.24) is 0 Å². The summed E-state index contributed by atoms with van der Waals surface area (Å²) in [5.41, 5.74) is 0. The van der Waals surface area contributed by atoms with Gasteiger partial charge in [0.1, 0.15) is 0 Å². The number of carbonyl (C=O) groups is 1. The van der Waals surface area contributed by atoms with Gasteiger partial charge in [0.15, 0.2) is 5.76 Å². The molecular weight excluding hydrogens is 327 g/mol. The molecule has 0 aromatic heterocycles. The van der Waals surface area contributed by atoms with E-state index in [1.807, 2.05) is 0 Å². The van der Waals surface area contributed by atoms with E-state index in [0.29, 0.717) is 0 Å². The minimum absolute atomic E-state index is 0.455. The molecule has 124 valence electrons. The molecule has 0 spiro atoms. The van der Waals surface area contributed by atoms with Gasteiger partial charge in [0.2, 0.25) is 0 Å². The van der Waals surface area contributed by atoms with Crippen molar-refractivity contribution in [2.75, 3.05) is 6.61 Å². The van der Waals surface area contributed by atoms with E-state index in [9.17, 15) is 44.3 Å². The highest BCUT2D eigenvalue weighted by atomic mass is 19.4. The fraction of sp³-hybridized carbons (Fsp3) is 0.667. The lowest BCUT2D eigenvalue weighted by atomic mass is 10.0. The number of ether oxygens (including phenoxy) is 1. The van der Waals surface area contributed by atoms with Crippen molar-refractivity contribution in [3.63, 3.8) is 0 Å². The molecule has 0 rings (SSSR count). The van der Waals surface area contributed by atoms with Gasteiger partial charge < -0.3 is 9.84 Å². The standard InChI is InChI=1S/C9H7F9O3/c1-2-21-5(20)3-4(19)6(10,11)7(12,13)8(14,15)9(16,17)18/h3,19H,2H2,1H3/b4-3-. The zero-order chi connectivity index (χ0) is 17.3. The Morgan fingerprint density at radius 2 is 1.43 bits per heavy atom. The molecule has 0 saturated heterocycles. The lowest BCUT2D eigenvalue weighted by molar-refractivity contribution is -0.392. The first-order chi connectivity index (χ1) is 9.13. The molecule has 21 heavy (non-hydrogen) atoms. The van der Waals surface area contributed by atoms with Crippen LogP contribution in [0.25, 0.3) is 0 Å². The van der Waals surface area contributed by atoms with E-state index in [1.54, 1.807) is 0 Å². The molecule has 0 amide bonds. The van der Waals surface area contributed by atoms with E-state index in [0.717, 1.165) is 6.92 Å². The number of rotatable bonds is 5. The Kier molecular flexibility index (Phi) is 5.20. The van der Waals surface area contributed by atoms with Crippen LogP contribution in [-0.2, 0) is 9.53 Å². The Morgan fingerprint density at radius 1 is 1.00 bits per heavy atom. The summed E-state index contributed by atoms with van der Waals surface area (Å²) in [5, 5.41) is 8.57. The van der Waals surface area contributed by atoms with Gasteiger partial charge in [-0.2, -0.15) is 39.5 Å². The van der Waals surface area contributed by atoms with Gasteiger partial charge in [0, 0.05) is 0 Å². The van der Waals surface area contributed by atoms with Crippen LogP contribution < -0.4 is 0 Å². The molecule has 0 unspecified atom stereocenters. The summed E-state index contributed by atoms with van der Waals surface area (Å²) in [6.07, 6.45) is -7.73. The van der Waals surface area contributed by atoms with E-state index >= 15 is 0 Å². The van der Waals surface area contributed by atoms with Crippen LogP contribution in [0.4, 0.5) is 39.5 Å². The predicted octanol–water partition coefficient (Wildman–Crippen LogP) is 3.46. The van der Waals surface area contributed by atoms with Gasteiger partial charge >= 0.3 is 29.9 Å². The number of allylic oxidation sites excluding steroid dienone is 1. The maximum absolute atomic E-state index is 13.0. The normalized spacial score (nSPS) is 15.0. The molecule has 3 nitrogen and oxygen atoms in total. The third kappa shape index (κ3) is 3.35. The van der Waals surface area contributed by atoms with E-state index in [2.05, 4.69) is 4.74 Å². The Balaban J connectivity index is 5.73. The summed E-state index contributed by atoms with van der Waals surface area (Å²) >= 11 is 0. The second kappa shape index (κ2) is 5.64. The monoisotopic (exact) mass is 334 g/mol. The molecular formula is C9H7F9O3. The molecule has 0 aliphatic rings. The highest BCUT2D eigenvalue weighted by molar-refractivity contribution is 5.82. The predicted molar refractivity (Wildman–Crippen MR) is 48.2 cm³/mol. The summed E-state index contributed by atoms with van der Waals surface area (Å²) < 4.78 is 116. The largest absolute Gasteiger partial charge is 0.506 e. The quantitative estimate of drug-likeness (QED) is 0.362. The first kappa shape index (κ1) is 19.4. The molecule has 1 N–H and O–H groups in total. The van der Waals surface area contributed by atoms with E-state index in [-0.39, 0.29) is 0 Å². The number of hydrogen-bond acceptors (Lipinski definition) is 3. The van der Waals surface area contributed by atoms with Crippen LogP contribution >= 0.6 is 0 Å². The lowest BCUT2D eigenvalue weighted by Crippen LogP contribution is -2.61. The number of carbonyl (C=O) groups excluding carboxylic acids is 1. The van der Waals surface area contributed by atoms with Crippen LogP contribution in [0.5, 0.6) is 0 Å². The Morgan fingerprint density at radius 3 is 1.76 bits per heavy atom. The molecule has 0 aromatic rings. The average Bonchev–Trinajstić information content (AvgIpc) is 2.26. The number of esters is 1. The molecule has 0 heterocycles. The topological polar surface area (TPSA) is 46.5 Å². The Labute approximate surface area is 111 Å². The minimum Gasteiger partial charge on any atom is -0.506 e. The highest BCUT2D eigenvalue weighted by Crippen LogP contribution is 2.54. The van der Waals surface area contributed by atoms with Crippen molar-refractivity contribution in [1.29, 1.82) is 0 Å². The number of aliphatic hydroxyl groups is 1. The van der Waals surface area contributed by atoms with Gasteiger partial charge in [0.25, 0.3) is 0 Å². The second-order valence-corrected chi connectivity index (χ2v) is 3.50. The molecule has 0 saturated carbocycles. The molecule has 12 heteroatoms. The van der Waals surface area contributed by atoms with Crippen molar-refractivity contribution in [3.8, 4) is 0 Å². The first-order valence-corrected chi connectivity index (χ1v) is 4.91. The number of hydrogen-bond donors (Lipinski definition) is 1.